The van der Waals surface area contributed by atoms with Crippen LogP contribution in [0.15, 0.2) is 58.5 Å². The molecule has 0 fully saturated rings. The van der Waals surface area contributed by atoms with E-state index in [9.17, 15) is 4.79 Å². The van der Waals surface area contributed by atoms with Crippen molar-refractivity contribution in [3.63, 3.8) is 0 Å². The molecular weight excluding hydrogens is 298 g/mol. The van der Waals surface area contributed by atoms with Gasteiger partial charge in [-0.15, -0.1) is 11.3 Å². The van der Waals surface area contributed by atoms with Crippen LogP contribution in [-0.2, 0) is 13.1 Å². The second-order valence-corrected chi connectivity index (χ2v) is 5.66. The maximum absolute atomic E-state index is 11.7. The Bertz CT molecular complexity index is 723. The molecule has 0 spiro atoms. The van der Waals surface area contributed by atoms with Gasteiger partial charge in [0.1, 0.15) is 6.26 Å². The highest BCUT2D eigenvalue weighted by atomic mass is 32.1. The lowest BCUT2D eigenvalue weighted by molar-refractivity contribution is 0.240. The fraction of sp³-hybridized carbons (Fsp3) is 0.125. The number of urea groups is 1. The van der Waals surface area contributed by atoms with Gasteiger partial charge in [0, 0.05) is 10.4 Å². The predicted molar refractivity (Wildman–Crippen MR) is 85.3 cm³/mol. The topological polar surface area (TPSA) is 67.2 Å². The van der Waals surface area contributed by atoms with Crippen molar-refractivity contribution in [2.24, 2.45) is 0 Å². The molecule has 0 radical (unpaired) electrons. The number of amides is 2. The van der Waals surface area contributed by atoms with E-state index in [0.717, 1.165) is 10.4 Å². The van der Waals surface area contributed by atoms with Gasteiger partial charge in [-0.3, -0.25) is 0 Å². The monoisotopic (exact) mass is 313 g/mol. The maximum atomic E-state index is 11.7. The number of nitrogens with one attached hydrogen (secondary N) is 2. The zero-order chi connectivity index (χ0) is 15.2. The van der Waals surface area contributed by atoms with E-state index in [0.29, 0.717) is 24.7 Å². The van der Waals surface area contributed by atoms with Gasteiger partial charge in [0.25, 0.3) is 0 Å². The molecule has 0 bridgehead atoms. The Labute approximate surface area is 132 Å². The van der Waals surface area contributed by atoms with Gasteiger partial charge in [0.2, 0.25) is 5.89 Å². The lowest BCUT2D eigenvalue weighted by atomic mass is 10.2. The molecule has 1 aromatic carbocycles. The first kappa shape index (κ1) is 14.3. The molecule has 3 aromatic rings. The summed E-state index contributed by atoms with van der Waals surface area (Å²) in [4.78, 5) is 17.2. The molecular formula is C16H15N3O2S. The molecule has 0 saturated heterocycles. The largest absolute Gasteiger partial charge is 0.444 e. The number of hydrogen-bond acceptors (Lipinski definition) is 4. The molecule has 0 unspecified atom stereocenters. The van der Waals surface area contributed by atoms with Crippen LogP contribution in [0.3, 0.4) is 0 Å². The minimum Gasteiger partial charge on any atom is -0.444 e. The number of carbonyl (C=O) groups is 1. The standard InChI is InChI=1S/C16H15N3O2S/c20-16(18-10-14-7-4-8-22-14)17-9-13-11-21-15(19-13)12-5-2-1-3-6-12/h1-8,11H,9-10H2,(H2,17,18,20). The molecule has 2 amide bonds. The summed E-state index contributed by atoms with van der Waals surface area (Å²) in [5.41, 5.74) is 1.60. The van der Waals surface area contributed by atoms with Gasteiger partial charge in [-0.1, -0.05) is 24.3 Å². The van der Waals surface area contributed by atoms with Crippen molar-refractivity contribution in [3.8, 4) is 11.5 Å². The number of benzene rings is 1. The van der Waals surface area contributed by atoms with Crippen molar-refractivity contribution < 1.29 is 9.21 Å². The normalized spacial score (nSPS) is 10.4. The second-order valence-electron chi connectivity index (χ2n) is 4.63. The van der Waals surface area contributed by atoms with E-state index in [1.165, 1.54) is 0 Å². The molecule has 22 heavy (non-hydrogen) atoms. The Hall–Kier alpha value is -2.60. The zero-order valence-corrected chi connectivity index (χ0v) is 12.6. The minimum atomic E-state index is -0.224. The lowest BCUT2D eigenvalue weighted by Crippen LogP contribution is -2.34. The van der Waals surface area contributed by atoms with E-state index in [4.69, 9.17) is 4.42 Å². The average molecular weight is 313 g/mol. The van der Waals surface area contributed by atoms with Crippen molar-refractivity contribution in [1.29, 1.82) is 0 Å². The van der Waals surface area contributed by atoms with E-state index in [1.807, 2.05) is 47.8 Å². The summed E-state index contributed by atoms with van der Waals surface area (Å²) in [6.07, 6.45) is 1.56. The van der Waals surface area contributed by atoms with Crippen LogP contribution in [0, 0.1) is 0 Å². The maximum Gasteiger partial charge on any atom is 0.315 e. The molecule has 0 saturated carbocycles. The number of rotatable bonds is 5. The van der Waals surface area contributed by atoms with E-state index in [2.05, 4.69) is 15.6 Å². The first-order valence-corrected chi connectivity index (χ1v) is 7.73. The molecule has 6 heteroatoms. The summed E-state index contributed by atoms with van der Waals surface area (Å²) in [6.45, 7) is 0.851. The molecule has 0 aliphatic heterocycles. The van der Waals surface area contributed by atoms with Gasteiger partial charge in [-0.05, 0) is 23.6 Å². The highest BCUT2D eigenvalue weighted by Crippen LogP contribution is 2.17. The average Bonchev–Trinajstić information content (AvgIpc) is 3.23. The van der Waals surface area contributed by atoms with Crippen LogP contribution in [-0.4, -0.2) is 11.0 Å². The summed E-state index contributed by atoms with van der Waals surface area (Å²) < 4.78 is 5.42. The molecule has 5 nitrogen and oxygen atoms in total. The molecule has 112 valence electrons. The Kier molecular flexibility index (Phi) is 4.50. The Morgan fingerprint density at radius 1 is 1.09 bits per heavy atom. The molecule has 2 N–H and O–H groups in total. The van der Waals surface area contributed by atoms with Gasteiger partial charge >= 0.3 is 6.03 Å². The molecule has 0 atom stereocenters. The van der Waals surface area contributed by atoms with Crippen LogP contribution in [0.5, 0.6) is 0 Å². The fourth-order valence-corrected chi connectivity index (χ4v) is 2.56. The third kappa shape index (κ3) is 3.73. The fourth-order valence-electron chi connectivity index (χ4n) is 1.92. The van der Waals surface area contributed by atoms with Crippen LogP contribution in [0.2, 0.25) is 0 Å². The van der Waals surface area contributed by atoms with Gasteiger partial charge in [-0.25, -0.2) is 9.78 Å². The highest BCUT2D eigenvalue weighted by Gasteiger charge is 2.07. The SMILES string of the molecule is O=C(NCc1coc(-c2ccccc2)n1)NCc1cccs1. The van der Waals surface area contributed by atoms with Crippen LogP contribution in [0.4, 0.5) is 4.79 Å². The zero-order valence-electron chi connectivity index (χ0n) is 11.8. The van der Waals surface area contributed by atoms with E-state index >= 15 is 0 Å². The van der Waals surface area contributed by atoms with Crippen LogP contribution in [0.1, 0.15) is 10.6 Å². The number of thiophene rings is 1. The van der Waals surface area contributed by atoms with Gasteiger partial charge in [-0.2, -0.15) is 0 Å². The van der Waals surface area contributed by atoms with Crippen LogP contribution < -0.4 is 10.6 Å². The summed E-state index contributed by atoms with van der Waals surface area (Å²) in [7, 11) is 0. The van der Waals surface area contributed by atoms with Crippen molar-refractivity contribution in [3.05, 3.63) is 64.7 Å². The van der Waals surface area contributed by atoms with E-state index < -0.39 is 0 Å². The summed E-state index contributed by atoms with van der Waals surface area (Å²) in [5, 5.41) is 7.54. The molecule has 0 aliphatic carbocycles. The highest BCUT2D eigenvalue weighted by molar-refractivity contribution is 7.09. The van der Waals surface area contributed by atoms with Crippen molar-refractivity contribution in [2.45, 2.75) is 13.1 Å². The summed E-state index contributed by atoms with van der Waals surface area (Å²) in [6, 6.07) is 13.4. The van der Waals surface area contributed by atoms with Crippen LogP contribution in [0.25, 0.3) is 11.5 Å². The Morgan fingerprint density at radius 3 is 2.68 bits per heavy atom. The van der Waals surface area contributed by atoms with Gasteiger partial charge in [0.15, 0.2) is 0 Å². The first-order chi connectivity index (χ1) is 10.8. The second kappa shape index (κ2) is 6.91. The summed E-state index contributed by atoms with van der Waals surface area (Å²) >= 11 is 1.61. The van der Waals surface area contributed by atoms with Crippen molar-refractivity contribution in [1.82, 2.24) is 15.6 Å². The third-order valence-corrected chi connectivity index (χ3v) is 3.88. The summed E-state index contributed by atoms with van der Waals surface area (Å²) in [5.74, 6) is 0.552. The molecule has 2 aromatic heterocycles. The molecule has 0 aliphatic rings. The van der Waals surface area contributed by atoms with E-state index in [-0.39, 0.29) is 6.03 Å². The number of nitrogens with zero attached hydrogens (tertiary/aromatic N) is 1. The predicted octanol–water partition coefficient (Wildman–Crippen LogP) is 3.40. The Balaban J connectivity index is 1.49. The lowest BCUT2D eigenvalue weighted by Gasteiger charge is -2.04. The quantitative estimate of drug-likeness (QED) is 0.758. The molecule has 2 heterocycles. The van der Waals surface area contributed by atoms with Gasteiger partial charge in [0.05, 0.1) is 18.8 Å². The van der Waals surface area contributed by atoms with Crippen molar-refractivity contribution >= 4 is 17.4 Å². The first-order valence-electron chi connectivity index (χ1n) is 6.85. The van der Waals surface area contributed by atoms with Crippen molar-refractivity contribution in [2.75, 3.05) is 0 Å². The smallest absolute Gasteiger partial charge is 0.315 e. The van der Waals surface area contributed by atoms with Crippen LogP contribution >= 0.6 is 11.3 Å². The molecule has 3 rings (SSSR count). The number of hydrogen-bond donors (Lipinski definition) is 2. The minimum absolute atomic E-state index is 0.224. The Morgan fingerprint density at radius 2 is 1.91 bits per heavy atom. The van der Waals surface area contributed by atoms with Gasteiger partial charge < -0.3 is 15.1 Å². The number of oxazole rings is 1. The number of aromatic nitrogens is 1. The third-order valence-electron chi connectivity index (χ3n) is 3.01. The van der Waals surface area contributed by atoms with E-state index in [1.54, 1.807) is 17.6 Å². The number of carbonyl (C=O) groups excluding carboxylic acids is 1.